The number of halogens is 2. The summed E-state index contributed by atoms with van der Waals surface area (Å²) in [5, 5.41) is 1.05. The molecule has 0 unspecified atom stereocenters. The van der Waals surface area contributed by atoms with Crippen LogP contribution in [0.2, 0.25) is 5.02 Å². The highest BCUT2D eigenvalue weighted by Gasteiger charge is 2.27. The number of rotatable bonds is 4. The molecule has 2 aromatic heterocycles. The van der Waals surface area contributed by atoms with E-state index in [-0.39, 0.29) is 17.3 Å². The molecule has 0 radical (unpaired) electrons. The molecule has 0 spiro atoms. The van der Waals surface area contributed by atoms with Crippen LogP contribution in [0.3, 0.4) is 0 Å². The molecule has 0 saturated carbocycles. The van der Waals surface area contributed by atoms with Crippen LogP contribution < -0.4 is 10.5 Å². The molecular weight excluding hydrogens is 475 g/mol. The predicted molar refractivity (Wildman–Crippen MR) is 134 cm³/mol. The number of benzene rings is 2. The van der Waals surface area contributed by atoms with Crippen molar-refractivity contribution in [3.63, 3.8) is 0 Å². The van der Waals surface area contributed by atoms with E-state index < -0.39 is 0 Å². The first kappa shape index (κ1) is 22.6. The van der Waals surface area contributed by atoms with Crippen molar-refractivity contribution in [2.24, 2.45) is 0 Å². The highest BCUT2D eigenvalue weighted by atomic mass is 35.5. The van der Waals surface area contributed by atoms with Crippen molar-refractivity contribution in [2.45, 2.75) is 13.5 Å². The number of amides is 1. The summed E-state index contributed by atoms with van der Waals surface area (Å²) in [5.41, 5.74) is 1.83. The lowest BCUT2D eigenvalue weighted by Gasteiger charge is -2.36. The van der Waals surface area contributed by atoms with Gasteiger partial charge in [-0.05, 0) is 36.2 Å². The first-order valence-electron chi connectivity index (χ1n) is 10.9. The summed E-state index contributed by atoms with van der Waals surface area (Å²) < 4.78 is 15.6. The largest absolute Gasteiger partial charge is 0.366 e. The number of carbonyl (C=O) groups excluding carboxylic acids is 1. The molecule has 1 saturated heterocycles. The highest BCUT2D eigenvalue weighted by Crippen LogP contribution is 2.29. The maximum atomic E-state index is 14.1. The highest BCUT2D eigenvalue weighted by molar-refractivity contribution is 7.20. The SMILES string of the molecule is Cc1c(C(=O)N2CCN(c3ccccc3F)CC2)sc2ncn(Cc3ccccc3Cl)c(=O)c12. The van der Waals surface area contributed by atoms with E-state index in [1.54, 1.807) is 30.0 Å². The minimum Gasteiger partial charge on any atom is -0.366 e. The monoisotopic (exact) mass is 496 g/mol. The number of nitrogens with zero attached hydrogens (tertiary/aromatic N) is 4. The lowest BCUT2D eigenvalue weighted by Crippen LogP contribution is -2.49. The van der Waals surface area contributed by atoms with Crippen molar-refractivity contribution in [1.82, 2.24) is 14.5 Å². The lowest BCUT2D eigenvalue weighted by molar-refractivity contribution is 0.0751. The molecule has 4 aromatic rings. The number of fused-ring (bicyclic) bond motifs is 1. The Morgan fingerprint density at radius 3 is 2.53 bits per heavy atom. The summed E-state index contributed by atoms with van der Waals surface area (Å²) in [6.07, 6.45) is 1.51. The summed E-state index contributed by atoms with van der Waals surface area (Å²) >= 11 is 7.50. The van der Waals surface area contributed by atoms with Crippen molar-refractivity contribution in [3.8, 4) is 0 Å². The number of anilines is 1. The Morgan fingerprint density at radius 1 is 1.09 bits per heavy atom. The second-order valence-electron chi connectivity index (χ2n) is 8.24. The maximum absolute atomic E-state index is 14.1. The number of carbonyl (C=O) groups is 1. The van der Waals surface area contributed by atoms with Crippen LogP contribution in [0.4, 0.5) is 10.1 Å². The van der Waals surface area contributed by atoms with Gasteiger partial charge in [0.2, 0.25) is 0 Å². The standard InChI is InChI=1S/C25H22ClFN4O2S/c1-16-21-23(28-15-31(24(21)32)14-17-6-2-3-7-18(17)26)34-22(16)25(33)30-12-10-29(11-13-30)20-9-5-4-8-19(20)27/h2-9,15H,10-14H2,1H3. The molecule has 0 aliphatic carbocycles. The smallest absolute Gasteiger partial charge is 0.264 e. The van der Waals surface area contributed by atoms with E-state index in [2.05, 4.69) is 4.98 Å². The Morgan fingerprint density at radius 2 is 1.79 bits per heavy atom. The second kappa shape index (κ2) is 9.19. The number of aryl methyl sites for hydroxylation is 1. The Hall–Kier alpha value is -3.23. The van der Waals surface area contributed by atoms with Crippen molar-refractivity contribution in [2.75, 3.05) is 31.1 Å². The van der Waals surface area contributed by atoms with Crippen LogP contribution in [-0.4, -0.2) is 46.5 Å². The van der Waals surface area contributed by atoms with E-state index in [1.165, 1.54) is 28.3 Å². The number of para-hydroxylation sites is 1. The van der Waals surface area contributed by atoms with Gasteiger partial charge in [0.1, 0.15) is 10.6 Å². The van der Waals surface area contributed by atoms with E-state index in [1.807, 2.05) is 29.2 Å². The molecule has 0 bridgehead atoms. The molecule has 9 heteroatoms. The fraction of sp³-hybridized carbons (Fsp3) is 0.240. The fourth-order valence-corrected chi connectivity index (χ4v) is 5.59. The third kappa shape index (κ3) is 4.08. The first-order chi connectivity index (χ1) is 16.4. The summed E-state index contributed by atoms with van der Waals surface area (Å²) in [5.74, 6) is -0.382. The topological polar surface area (TPSA) is 58.4 Å². The quantitative estimate of drug-likeness (QED) is 0.415. The van der Waals surface area contributed by atoms with Crippen molar-refractivity contribution >= 4 is 44.7 Å². The van der Waals surface area contributed by atoms with E-state index in [0.717, 1.165) is 5.56 Å². The zero-order valence-electron chi connectivity index (χ0n) is 18.5. The molecule has 1 aliphatic rings. The van der Waals surface area contributed by atoms with Gasteiger partial charge in [-0.1, -0.05) is 41.9 Å². The zero-order valence-corrected chi connectivity index (χ0v) is 20.1. The Bertz CT molecular complexity index is 1440. The van der Waals surface area contributed by atoms with Crippen LogP contribution in [0.1, 0.15) is 20.8 Å². The van der Waals surface area contributed by atoms with E-state index in [4.69, 9.17) is 11.6 Å². The number of piperazine rings is 1. The summed E-state index contributed by atoms with van der Waals surface area (Å²) in [6.45, 7) is 4.14. The minimum absolute atomic E-state index is 0.120. The van der Waals surface area contributed by atoms with Gasteiger partial charge in [0.25, 0.3) is 11.5 Å². The van der Waals surface area contributed by atoms with Crippen LogP contribution in [0, 0.1) is 12.7 Å². The van der Waals surface area contributed by atoms with Crippen LogP contribution in [0.15, 0.2) is 59.7 Å². The Balaban J connectivity index is 1.38. The van der Waals surface area contributed by atoms with Gasteiger partial charge in [0.15, 0.2) is 0 Å². The molecule has 1 fully saturated rings. The molecule has 2 aromatic carbocycles. The molecule has 3 heterocycles. The van der Waals surface area contributed by atoms with Crippen LogP contribution >= 0.6 is 22.9 Å². The van der Waals surface area contributed by atoms with E-state index in [9.17, 15) is 14.0 Å². The second-order valence-corrected chi connectivity index (χ2v) is 9.64. The Labute approximate surface area is 204 Å². The summed E-state index contributed by atoms with van der Waals surface area (Å²) in [6, 6.07) is 14.0. The van der Waals surface area contributed by atoms with Gasteiger partial charge in [0, 0.05) is 31.2 Å². The Kier molecular flexibility index (Phi) is 6.10. The average molecular weight is 497 g/mol. The minimum atomic E-state index is -0.262. The van der Waals surface area contributed by atoms with Gasteiger partial charge in [-0.3, -0.25) is 14.2 Å². The van der Waals surface area contributed by atoms with Crippen molar-refractivity contribution < 1.29 is 9.18 Å². The number of hydrogen-bond donors (Lipinski definition) is 0. The molecule has 5 rings (SSSR count). The lowest BCUT2D eigenvalue weighted by atomic mass is 10.1. The first-order valence-corrected chi connectivity index (χ1v) is 12.1. The van der Waals surface area contributed by atoms with Gasteiger partial charge in [-0.15, -0.1) is 11.3 Å². The summed E-state index contributed by atoms with van der Waals surface area (Å²) in [7, 11) is 0. The fourth-order valence-electron chi connectivity index (χ4n) is 4.29. The maximum Gasteiger partial charge on any atom is 0.264 e. The molecule has 34 heavy (non-hydrogen) atoms. The molecule has 1 aliphatic heterocycles. The third-order valence-electron chi connectivity index (χ3n) is 6.17. The van der Waals surface area contributed by atoms with Crippen molar-refractivity contribution in [3.05, 3.63) is 92.1 Å². The molecular formula is C25H22ClFN4O2S. The van der Waals surface area contributed by atoms with Gasteiger partial charge in [-0.25, -0.2) is 9.37 Å². The molecule has 0 N–H and O–H groups in total. The van der Waals surface area contributed by atoms with Gasteiger partial charge < -0.3 is 9.80 Å². The van der Waals surface area contributed by atoms with Gasteiger partial charge >= 0.3 is 0 Å². The zero-order chi connectivity index (χ0) is 23.8. The van der Waals surface area contributed by atoms with Gasteiger partial charge in [-0.2, -0.15) is 0 Å². The summed E-state index contributed by atoms with van der Waals surface area (Å²) in [4.78, 5) is 35.8. The van der Waals surface area contributed by atoms with Crippen molar-refractivity contribution in [1.29, 1.82) is 0 Å². The third-order valence-corrected chi connectivity index (χ3v) is 7.73. The predicted octanol–water partition coefficient (Wildman–Crippen LogP) is 4.57. The molecule has 174 valence electrons. The number of aromatic nitrogens is 2. The van der Waals surface area contributed by atoms with Gasteiger partial charge in [0.05, 0.1) is 28.8 Å². The normalized spacial score (nSPS) is 14.1. The van der Waals surface area contributed by atoms with E-state index >= 15 is 0 Å². The molecule has 0 atom stereocenters. The van der Waals surface area contributed by atoms with Crippen LogP contribution in [0.25, 0.3) is 10.2 Å². The van der Waals surface area contributed by atoms with Crippen LogP contribution in [0.5, 0.6) is 0 Å². The molecule has 1 amide bonds. The van der Waals surface area contributed by atoms with Crippen LogP contribution in [-0.2, 0) is 6.54 Å². The molecule has 6 nitrogen and oxygen atoms in total. The van der Waals surface area contributed by atoms with E-state index in [0.29, 0.717) is 64.1 Å². The number of hydrogen-bond acceptors (Lipinski definition) is 5. The average Bonchev–Trinajstić information content (AvgIpc) is 3.19. The number of thiophene rings is 1.